The van der Waals surface area contributed by atoms with Gasteiger partial charge in [0, 0.05) is 0 Å². The molecule has 0 saturated heterocycles. The fraction of sp³-hybridized carbons (Fsp3) is 0.882. The predicted octanol–water partition coefficient (Wildman–Crippen LogP) is 11.7. The molecule has 0 spiro atoms. The standard InChI is InChI=1S/C34H67N/c1-5-7-9-11-13-15-16-17-18-19-20-21-22-23-25-27-29-31-34(32-33-35(3)4)30-28-26-24-14-12-10-8-6-2/h13,15,17-18,34H,5-12,14,16,19-33H2,1-4H3/b15-13-,18-17-. The summed E-state index contributed by atoms with van der Waals surface area (Å²) in [4.78, 5) is 2.38. The largest absolute Gasteiger partial charge is 0.309 e. The van der Waals surface area contributed by atoms with E-state index in [4.69, 9.17) is 0 Å². The number of nitrogens with zero attached hydrogens (tertiary/aromatic N) is 1. The highest BCUT2D eigenvalue weighted by molar-refractivity contribution is 4.92. The number of allylic oxidation sites excluding steroid dienone is 4. The van der Waals surface area contributed by atoms with Crippen LogP contribution >= 0.6 is 0 Å². The van der Waals surface area contributed by atoms with Gasteiger partial charge >= 0.3 is 0 Å². The predicted molar refractivity (Wildman–Crippen MR) is 162 cm³/mol. The molecule has 0 heterocycles. The highest BCUT2D eigenvalue weighted by Gasteiger charge is 2.09. The van der Waals surface area contributed by atoms with Crippen molar-refractivity contribution in [3.63, 3.8) is 0 Å². The molecule has 0 aromatic carbocycles. The van der Waals surface area contributed by atoms with Crippen LogP contribution < -0.4 is 0 Å². The normalized spacial score (nSPS) is 13.1. The molecule has 1 heteroatoms. The Balaban J connectivity index is 3.62. The molecule has 35 heavy (non-hydrogen) atoms. The van der Waals surface area contributed by atoms with Crippen LogP contribution in [0, 0.1) is 5.92 Å². The lowest BCUT2D eigenvalue weighted by Crippen LogP contribution is -2.17. The summed E-state index contributed by atoms with van der Waals surface area (Å²) < 4.78 is 0. The number of unbranched alkanes of at least 4 members (excludes halogenated alkanes) is 17. The van der Waals surface area contributed by atoms with Crippen LogP contribution in [0.4, 0.5) is 0 Å². The first-order valence-corrected chi connectivity index (χ1v) is 16.1. The Kier molecular flexibility index (Phi) is 29.2. The lowest BCUT2D eigenvalue weighted by Gasteiger charge is -2.19. The topological polar surface area (TPSA) is 3.24 Å². The van der Waals surface area contributed by atoms with E-state index in [1.807, 2.05) is 0 Å². The van der Waals surface area contributed by atoms with Crippen molar-refractivity contribution in [2.45, 2.75) is 168 Å². The molecular formula is C34H67N. The summed E-state index contributed by atoms with van der Waals surface area (Å²) in [6.45, 7) is 5.85. The van der Waals surface area contributed by atoms with Gasteiger partial charge in [0.25, 0.3) is 0 Å². The van der Waals surface area contributed by atoms with Crippen molar-refractivity contribution in [3.05, 3.63) is 24.3 Å². The van der Waals surface area contributed by atoms with E-state index in [9.17, 15) is 0 Å². The first-order valence-electron chi connectivity index (χ1n) is 16.1. The maximum Gasteiger partial charge on any atom is -0.00222 e. The number of rotatable bonds is 28. The van der Waals surface area contributed by atoms with E-state index >= 15 is 0 Å². The van der Waals surface area contributed by atoms with Gasteiger partial charge in [-0.2, -0.15) is 0 Å². The zero-order chi connectivity index (χ0) is 25.7. The molecule has 0 aliphatic rings. The first-order chi connectivity index (χ1) is 17.2. The van der Waals surface area contributed by atoms with E-state index in [0.29, 0.717) is 0 Å². The Bertz CT molecular complexity index is 436. The zero-order valence-corrected chi connectivity index (χ0v) is 25.0. The fourth-order valence-corrected chi connectivity index (χ4v) is 5.04. The second kappa shape index (κ2) is 29.7. The molecule has 0 amide bonds. The lowest BCUT2D eigenvalue weighted by molar-refractivity contribution is 0.314. The van der Waals surface area contributed by atoms with Crippen molar-refractivity contribution < 1.29 is 0 Å². The third kappa shape index (κ3) is 29.6. The van der Waals surface area contributed by atoms with Crippen molar-refractivity contribution in [2.75, 3.05) is 20.6 Å². The average Bonchev–Trinajstić information content (AvgIpc) is 2.85. The van der Waals surface area contributed by atoms with Gasteiger partial charge in [-0.25, -0.2) is 0 Å². The molecule has 0 fully saturated rings. The summed E-state index contributed by atoms with van der Waals surface area (Å²) in [5, 5.41) is 0. The molecular weight excluding hydrogens is 422 g/mol. The molecule has 208 valence electrons. The summed E-state index contributed by atoms with van der Waals surface area (Å²) in [5.74, 6) is 0.968. The highest BCUT2D eigenvalue weighted by Crippen LogP contribution is 2.22. The Morgan fingerprint density at radius 3 is 1.34 bits per heavy atom. The van der Waals surface area contributed by atoms with Crippen LogP contribution in [-0.2, 0) is 0 Å². The molecule has 0 radical (unpaired) electrons. The summed E-state index contributed by atoms with van der Waals surface area (Å²) in [5.41, 5.74) is 0. The van der Waals surface area contributed by atoms with E-state index in [-0.39, 0.29) is 0 Å². The minimum absolute atomic E-state index is 0.968. The molecule has 0 N–H and O–H groups in total. The molecule has 1 atom stereocenters. The molecule has 0 saturated carbocycles. The van der Waals surface area contributed by atoms with Gasteiger partial charge in [0.1, 0.15) is 0 Å². The second-order valence-electron chi connectivity index (χ2n) is 11.4. The minimum Gasteiger partial charge on any atom is -0.309 e. The molecule has 0 bridgehead atoms. The molecule has 0 rings (SSSR count). The third-order valence-electron chi connectivity index (χ3n) is 7.51. The lowest BCUT2D eigenvalue weighted by atomic mass is 9.91. The van der Waals surface area contributed by atoms with Gasteiger partial charge in [0.15, 0.2) is 0 Å². The SMILES string of the molecule is CCCCC/C=C\C/C=C\CCCCCCCCCC(CCCCCCCCCC)CCN(C)C. The maximum atomic E-state index is 2.40. The van der Waals surface area contributed by atoms with Crippen molar-refractivity contribution in [1.82, 2.24) is 4.90 Å². The zero-order valence-electron chi connectivity index (χ0n) is 25.0. The molecule has 0 aliphatic heterocycles. The van der Waals surface area contributed by atoms with E-state index in [0.717, 1.165) is 12.3 Å². The summed E-state index contributed by atoms with van der Waals surface area (Å²) >= 11 is 0. The summed E-state index contributed by atoms with van der Waals surface area (Å²) in [7, 11) is 4.46. The second-order valence-corrected chi connectivity index (χ2v) is 11.4. The van der Waals surface area contributed by atoms with Crippen LogP contribution in [0.5, 0.6) is 0 Å². The van der Waals surface area contributed by atoms with Crippen LogP contribution in [0.1, 0.15) is 168 Å². The van der Waals surface area contributed by atoms with Crippen molar-refractivity contribution >= 4 is 0 Å². The van der Waals surface area contributed by atoms with Crippen LogP contribution in [0.3, 0.4) is 0 Å². The van der Waals surface area contributed by atoms with E-state index < -0.39 is 0 Å². The van der Waals surface area contributed by atoms with Crippen LogP contribution in [0.2, 0.25) is 0 Å². The quantitative estimate of drug-likeness (QED) is 0.0780. The summed E-state index contributed by atoms with van der Waals surface area (Å²) in [6.07, 6.45) is 43.2. The van der Waals surface area contributed by atoms with Crippen LogP contribution in [0.15, 0.2) is 24.3 Å². The maximum absolute atomic E-state index is 2.40. The van der Waals surface area contributed by atoms with Gasteiger partial charge in [0.2, 0.25) is 0 Å². The van der Waals surface area contributed by atoms with Gasteiger partial charge in [-0.3, -0.25) is 0 Å². The minimum atomic E-state index is 0.968. The molecule has 0 aromatic rings. The molecule has 0 aliphatic carbocycles. The van der Waals surface area contributed by atoms with Gasteiger partial charge in [0.05, 0.1) is 0 Å². The number of hydrogen-bond donors (Lipinski definition) is 0. The highest BCUT2D eigenvalue weighted by atomic mass is 15.0. The van der Waals surface area contributed by atoms with E-state index in [1.54, 1.807) is 0 Å². The van der Waals surface area contributed by atoms with Gasteiger partial charge in [-0.1, -0.05) is 154 Å². The smallest absolute Gasteiger partial charge is 0.00222 e. The van der Waals surface area contributed by atoms with Crippen molar-refractivity contribution in [1.29, 1.82) is 0 Å². The van der Waals surface area contributed by atoms with Crippen molar-refractivity contribution in [2.24, 2.45) is 5.92 Å². The van der Waals surface area contributed by atoms with Crippen LogP contribution in [-0.4, -0.2) is 25.5 Å². The Morgan fingerprint density at radius 2 is 0.857 bits per heavy atom. The van der Waals surface area contributed by atoms with Gasteiger partial charge in [-0.15, -0.1) is 0 Å². The molecule has 1 nitrogen and oxygen atoms in total. The van der Waals surface area contributed by atoms with Gasteiger partial charge in [-0.05, 0) is 65.1 Å². The van der Waals surface area contributed by atoms with Crippen molar-refractivity contribution in [3.8, 4) is 0 Å². The molecule has 1 unspecified atom stereocenters. The van der Waals surface area contributed by atoms with E-state index in [2.05, 4.69) is 57.1 Å². The molecule has 0 aromatic heterocycles. The number of hydrogen-bond acceptors (Lipinski definition) is 1. The Labute approximate surface area is 223 Å². The Morgan fingerprint density at radius 1 is 0.457 bits per heavy atom. The monoisotopic (exact) mass is 490 g/mol. The summed E-state index contributed by atoms with van der Waals surface area (Å²) in [6, 6.07) is 0. The third-order valence-corrected chi connectivity index (χ3v) is 7.51. The Hall–Kier alpha value is -0.560. The van der Waals surface area contributed by atoms with Gasteiger partial charge < -0.3 is 4.90 Å². The van der Waals surface area contributed by atoms with Crippen LogP contribution in [0.25, 0.3) is 0 Å². The van der Waals surface area contributed by atoms with E-state index in [1.165, 1.54) is 154 Å². The fourth-order valence-electron chi connectivity index (χ4n) is 5.04. The first kappa shape index (κ1) is 34.4. The average molecular weight is 490 g/mol.